The normalized spacial score (nSPS) is 21.2. The van der Waals surface area contributed by atoms with E-state index in [0.29, 0.717) is 11.8 Å². The number of halogens is 1. The summed E-state index contributed by atoms with van der Waals surface area (Å²) in [6.07, 6.45) is 3.87. The highest BCUT2D eigenvalue weighted by Gasteiger charge is 2.46. The van der Waals surface area contributed by atoms with Crippen LogP contribution in [0.1, 0.15) is 23.7 Å². The molecule has 0 unspecified atom stereocenters. The van der Waals surface area contributed by atoms with Gasteiger partial charge in [-0.2, -0.15) is 0 Å². The highest BCUT2D eigenvalue weighted by Crippen LogP contribution is 2.51. The average Bonchev–Trinajstić information content (AvgIpc) is 3.33. The molecule has 2 fully saturated rings. The fraction of sp³-hybridized carbons (Fsp3) is 0.265. The maximum Gasteiger partial charge on any atom is 0.282 e. The maximum atomic E-state index is 13.2. The topological polar surface area (TPSA) is 38.8 Å². The summed E-state index contributed by atoms with van der Waals surface area (Å²) >= 11 is 7.76. The standard InChI is InChI=1S/C34H32ClNO3S/c1-3-22(21-35)24-15-16-36-32(19-24)33(40-34(36)37)31-18-26(17-25-11-14-29(38-2)20-30(25)31)23-9-12-28(13-10-23)39-27-7-5-4-6-8-27/h3-14,17-18,20,22,24,32-33H,1,15-16,19,21H2,2H3/t22-,24-,32-,33+/m0/s1. The number of fused-ring (bicyclic) bond motifs is 2. The summed E-state index contributed by atoms with van der Waals surface area (Å²) in [6, 6.07) is 28.8. The number of carbonyl (C=O) groups is 1. The minimum absolute atomic E-state index is 0.0198. The summed E-state index contributed by atoms with van der Waals surface area (Å²) in [7, 11) is 1.69. The van der Waals surface area contributed by atoms with Gasteiger partial charge in [0.15, 0.2) is 0 Å². The summed E-state index contributed by atoms with van der Waals surface area (Å²) in [5.74, 6) is 3.65. The smallest absolute Gasteiger partial charge is 0.282 e. The molecule has 1 amide bonds. The van der Waals surface area contributed by atoms with Crippen molar-refractivity contribution in [1.82, 2.24) is 4.90 Å². The molecule has 4 atom stereocenters. The Balaban J connectivity index is 1.38. The van der Waals surface area contributed by atoms with Gasteiger partial charge in [-0.3, -0.25) is 4.79 Å². The van der Waals surface area contributed by atoms with Crippen molar-refractivity contribution < 1.29 is 14.3 Å². The number of rotatable bonds is 8. The Bertz CT molecular complexity index is 1520. The molecule has 0 radical (unpaired) electrons. The van der Waals surface area contributed by atoms with E-state index in [-0.39, 0.29) is 22.4 Å². The fourth-order valence-electron chi connectivity index (χ4n) is 6.07. The number of thioether (sulfide) groups is 1. The van der Waals surface area contributed by atoms with Crippen LogP contribution in [0.3, 0.4) is 0 Å². The van der Waals surface area contributed by atoms with Gasteiger partial charge in [0.25, 0.3) is 5.24 Å². The van der Waals surface area contributed by atoms with Crippen LogP contribution in [-0.2, 0) is 0 Å². The first-order valence-electron chi connectivity index (χ1n) is 13.7. The number of carbonyl (C=O) groups excluding carboxylic acids is 1. The van der Waals surface area contributed by atoms with Gasteiger partial charge in [0.05, 0.1) is 12.4 Å². The first kappa shape index (κ1) is 26.8. The second-order valence-electron chi connectivity index (χ2n) is 10.5. The summed E-state index contributed by atoms with van der Waals surface area (Å²) in [4.78, 5) is 15.3. The number of allylic oxidation sites excluding steroid dienone is 1. The first-order chi connectivity index (χ1) is 19.6. The zero-order valence-electron chi connectivity index (χ0n) is 22.5. The molecule has 2 saturated heterocycles. The molecule has 2 aliphatic heterocycles. The number of ether oxygens (including phenoxy) is 2. The number of amides is 1. The van der Waals surface area contributed by atoms with E-state index in [1.54, 1.807) is 7.11 Å². The quantitative estimate of drug-likeness (QED) is 0.156. The lowest BCUT2D eigenvalue weighted by Crippen LogP contribution is -2.43. The van der Waals surface area contributed by atoms with Gasteiger partial charge >= 0.3 is 0 Å². The molecule has 6 rings (SSSR count). The molecule has 2 aliphatic rings. The van der Waals surface area contributed by atoms with Gasteiger partial charge in [-0.25, -0.2) is 0 Å². The van der Waals surface area contributed by atoms with Gasteiger partial charge in [-0.15, -0.1) is 18.2 Å². The molecule has 204 valence electrons. The molecule has 4 nitrogen and oxygen atoms in total. The molecule has 4 aromatic rings. The molecule has 2 heterocycles. The molecular formula is C34H32ClNO3S. The third kappa shape index (κ3) is 5.21. The molecule has 0 spiro atoms. The van der Waals surface area contributed by atoms with E-state index < -0.39 is 0 Å². The predicted octanol–water partition coefficient (Wildman–Crippen LogP) is 9.34. The minimum atomic E-state index is 0.0198. The lowest BCUT2D eigenvalue weighted by atomic mass is 9.80. The highest BCUT2D eigenvalue weighted by atomic mass is 35.5. The summed E-state index contributed by atoms with van der Waals surface area (Å²) in [6.45, 7) is 4.79. The van der Waals surface area contributed by atoms with Gasteiger partial charge < -0.3 is 14.4 Å². The van der Waals surface area contributed by atoms with Gasteiger partial charge in [-0.1, -0.05) is 54.2 Å². The fourth-order valence-corrected chi connectivity index (χ4v) is 7.76. The number of piperidine rings is 1. The van der Waals surface area contributed by atoms with Crippen molar-refractivity contribution in [3.63, 3.8) is 0 Å². The number of methoxy groups -OCH3 is 1. The first-order valence-corrected chi connectivity index (χ1v) is 15.1. The van der Waals surface area contributed by atoms with E-state index in [2.05, 4.69) is 47.9 Å². The van der Waals surface area contributed by atoms with Gasteiger partial charge in [0.2, 0.25) is 0 Å². The maximum absolute atomic E-state index is 13.2. The van der Waals surface area contributed by atoms with Crippen LogP contribution in [0, 0.1) is 11.8 Å². The molecule has 0 N–H and O–H groups in total. The predicted molar refractivity (Wildman–Crippen MR) is 166 cm³/mol. The average molecular weight is 570 g/mol. The van der Waals surface area contributed by atoms with Gasteiger partial charge in [-0.05, 0) is 101 Å². The number of benzene rings is 4. The second-order valence-corrected chi connectivity index (χ2v) is 11.9. The molecular weight excluding hydrogens is 538 g/mol. The van der Waals surface area contributed by atoms with Crippen LogP contribution in [0.4, 0.5) is 4.79 Å². The molecule has 40 heavy (non-hydrogen) atoms. The Labute approximate surface area is 244 Å². The van der Waals surface area contributed by atoms with Crippen LogP contribution >= 0.6 is 23.4 Å². The molecule has 6 heteroatoms. The minimum Gasteiger partial charge on any atom is -0.497 e. The number of nitrogens with zero attached hydrogens (tertiary/aromatic N) is 1. The van der Waals surface area contributed by atoms with Gasteiger partial charge in [0, 0.05) is 18.5 Å². The van der Waals surface area contributed by atoms with Crippen LogP contribution < -0.4 is 9.47 Å². The zero-order chi connectivity index (χ0) is 27.6. The Morgan fingerprint density at radius 1 is 1.00 bits per heavy atom. The van der Waals surface area contributed by atoms with Crippen molar-refractivity contribution in [2.75, 3.05) is 19.5 Å². The van der Waals surface area contributed by atoms with E-state index in [9.17, 15) is 4.79 Å². The van der Waals surface area contributed by atoms with E-state index in [1.165, 1.54) is 17.3 Å². The van der Waals surface area contributed by atoms with Crippen LogP contribution in [0.25, 0.3) is 21.9 Å². The Hall–Kier alpha value is -3.41. The summed E-state index contributed by atoms with van der Waals surface area (Å²) < 4.78 is 11.6. The van der Waals surface area contributed by atoms with Crippen molar-refractivity contribution in [2.45, 2.75) is 24.1 Å². The van der Waals surface area contributed by atoms with E-state index in [1.807, 2.05) is 54.6 Å². The Morgan fingerprint density at radius 3 is 2.48 bits per heavy atom. The van der Waals surface area contributed by atoms with Crippen molar-refractivity contribution in [3.05, 3.63) is 103 Å². The van der Waals surface area contributed by atoms with Crippen molar-refractivity contribution >= 4 is 39.4 Å². The molecule has 4 aromatic carbocycles. The molecule has 0 aliphatic carbocycles. The Kier molecular flexibility index (Phi) is 7.77. The van der Waals surface area contributed by atoms with E-state index in [4.69, 9.17) is 21.1 Å². The molecule has 0 aromatic heterocycles. The van der Waals surface area contributed by atoms with Crippen LogP contribution in [0.15, 0.2) is 97.6 Å². The SMILES string of the molecule is C=C[C@@H](CCl)[C@H]1CCN2C(=O)S[C@H](c3cc(-c4ccc(Oc5ccccc5)cc4)cc4ccc(OC)cc34)[C@@H]2C1. The van der Waals surface area contributed by atoms with E-state index >= 15 is 0 Å². The lowest BCUT2D eigenvalue weighted by molar-refractivity contribution is 0.138. The zero-order valence-corrected chi connectivity index (χ0v) is 24.0. The summed E-state index contributed by atoms with van der Waals surface area (Å²) in [5, 5.41) is 2.44. The Morgan fingerprint density at radius 2 is 1.75 bits per heavy atom. The van der Waals surface area contributed by atoms with Crippen LogP contribution in [-0.4, -0.2) is 35.7 Å². The number of hydrogen-bond donors (Lipinski definition) is 0. The number of alkyl halides is 1. The number of para-hydroxylation sites is 1. The van der Waals surface area contributed by atoms with Gasteiger partial charge in [0.1, 0.15) is 17.2 Å². The van der Waals surface area contributed by atoms with Crippen molar-refractivity contribution in [3.8, 4) is 28.4 Å². The molecule has 0 saturated carbocycles. The third-order valence-electron chi connectivity index (χ3n) is 8.25. The summed E-state index contributed by atoms with van der Waals surface area (Å²) in [5.41, 5.74) is 3.38. The van der Waals surface area contributed by atoms with Crippen molar-refractivity contribution in [2.24, 2.45) is 11.8 Å². The van der Waals surface area contributed by atoms with Crippen LogP contribution in [0.5, 0.6) is 17.2 Å². The third-order valence-corrected chi connectivity index (χ3v) is 9.86. The van der Waals surface area contributed by atoms with Crippen LogP contribution in [0.2, 0.25) is 0 Å². The largest absolute Gasteiger partial charge is 0.497 e. The highest BCUT2D eigenvalue weighted by molar-refractivity contribution is 8.14. The second kappa shape index (κ2) is 11.6. The lowest BCUT2D eigenvalue weighted by Gasteiger charge is -2.38. The molecule has 0 bridgehead atoms. The monoisotopic (exact) mass is 569 g/mol. The van der Waals surface area contributed by atoms with E-state index in [0.717, 1.165) is 58.5 Å². The number of hydrogen-bond acceptors (Lipinski definition) is 4. The van der Waals surface area contributed by atoms with Crippen molar-refractivity contribution in [1.29, 1.82) is 0 Å².